The molecule has 2 aromatic heterocycles. The predicted molar refractivity (Wildman–Crippen MR) is 125 cm³/mol. The molecule has 0 aliphatic heterocycles. The molecular formula is C24H19N5OS. The van der Waals surface area contributed by atoms with Gasteiger partial charge in [0.25, 0.3) is 0 Å². The molecule has 0 fully saturated rings. The normalized spacial score (nSPS) is 11.5. The zero-order valence-electron chi connectivity index (χ0n) is 17.0. The van der Waals surface area contributed by atoms with Gasteiger partial charge in [-0.25, -0.2) is 4.98 Å². The van der Waals surface area contributed by atoms with Crippen LogP contribution in [0.5, 0.6) is 0 Å². The standard InChI is InChI=1S/C24H19N5OS/c1-15-10-12-18(13-11-15)21-14-31-24(25-21)29-23(30)22(16(2)28-29)27-26-20-9-5-7-17-6-3-4-8-19(17)20/h3-14,28H,1-2H3. The highest BCUT2D eigenvalue weighted by Gasteiger charge is 2.15. The Bertz CT molecular complexity index is 1470. The molecular weight excluding hydrogens is 406 g/mol. The van der Waals surface area contributed by atoms with Crippen LogP contribution in [-0.2, 0) is 0 Å². The van der Waals surface area contributed by atoms with Crippen LogP contribution >= 0.6 is 11.3 Å². The van der Waals surface area contributed by atoms with Gasteiger partial charge in [-0.2, -0.15) is 4.68 Å². The molecule has 7 heteroatoms. The molecule has 0 atom stereocenters. The zero-order valence-corrected chi connectivity index (χ0v) is 17.9. The van der Waals surface area contributed by atoms with Crippen LogP contribution < -0.4 is 5.56 Å². The molecule has 31 heavy (non-hydrogen) atoms. The number of hydrogen-bond acceptors (Lipinski definition) is 5. The molecule has 3 aromatic carbocycles. The predicted octanol–water partition coefficient (Wildman–Crippen LogP) is 6.47. The fourth-order valence-electron chi connectivity index (χ4n) is 3.41. The summed E-state index contributed by atoms with van der Waals surface area (Å²) in [6.45, 7) is 3.86. The molecule has 152 valence electrons. The summed E-state index contributed by atoms with van der Waals surface area (Å²) in [5, 5.41) is 16.3. The number of benzene rings is 3. The fourth-order valence-corrected chi connectivity index (χ4v) is 4.20. The molecule has 6 nitrogen and oxygen atoms in total. The van der Waals surface area contributed by atoms with Crippen molar-refractivity contribution in [2.24, 2.45) is 10.2 Å². The highest BCUT2D eigenvalue weighted by molar-refractivity contribution is 7.12. The molecule has 1 N–H and O–H groups in total. The average Bonchev–Trinajstić information content (AvgIpc) is 3.38. The summed E-state index contributed by atoms with van der Waals surface area (Å²) in [6, 6.07) is 22.0. The minimum atomic E-state index is -0.272. The number of thiazole rings is 1. The number of nitrogens with one attached hydrogen (secondary N) is 1. The Morgan fingerprint density at radius 3 is 2.55 bits per heavy atom. The molecule has 5 aromatic rings. The number of rotatable bonds is 4. The van der Waals surface area contributed by atoms with Gasteiger partial charge in [-0.05, 0) is 25.3 Å². The third-order valence-corrected chi connectivity index (χ3v) is 5.92. The first-order valence-corrected chi connectivity index (χ1v) is 10.7. The maximum absolute atomic E-state index is 13.0. The summed E-state index contributed by atoms with van der Waals surface area (Å²) in [7, 11) is 0. The minimum Gasteiger partial charge on any atom is -0.291 e. The first-order valence-electron chi connectivity index (χ1n) is 9.84. The van der Waals surface area contributed by atoms with Crippen molar-refractivity contribution in [3.05, 3.63) is 93.7 Å². The monoisotopic (exact) mass is 425 g/mol. The van der Waals surface area contributed by atoms with E-state index in [1.165, 1.54) is 21.6 Å². The minimum absolute atomic E-state index is 0.272. The number of hydrogen-bond donors (Lipinski definition) is 1. The Kier molecular flexibility index (Phi) is 4.80. The second-order valence-electron chi connectivity index (χ2n) is 7.31. The van der Waals surface area contributed by atoms with E-state index < -0.39 is 0 Å². The van der Waals surface area contributed by atoms with Crippen LogP contribution in [0.4, 0.5) is 11.4 Å². The Hall–Kier alpha value is -3.84. The molecule has 5 rings (SSSR count). The summed E-state index contributed by atoms with van der Waals surface area (Å²) in [4.78, 5) is 17.6. The van der Waals surface area contributed by atoms with E-state index in [-0.39, 0.29) is 11.2 Å². The van der Waals surface area contributed by atoms with Crippen molar-refractivity contribution >= 4 is 33.5 Å². The summed E-state index contributed by atoms with van der Waals surface area (Å²) < 4.78 is 1.43. The Morgan fingerprint density at radius 2 is 1.71 bits per heavy atom. The molecule has 2 heterocycles. The van der Waals surface area contributed by atoms with Crippen molar-refractivity contribution in [1.82, 2.24) is 14.8 Å². The van der Waals surface area contributed by atoms with Crippen molar-refractivity contribution in [1.29, 1.82) is 0 Å². The number of H-pyrrole nitrogens is 1. The van der Waals surface area contributed by atoms with E-state index in [0.29, 0.717) is 10.8 Å². The fraction of sp³-hybridized carbons (Fsp3) is 0.0833. The number of nitrogens with zero attached hydrogens (tertiary/aromatic N) is 4. The van der Waals surface area contributed by atoms with E-state index in [9.17, 15) is 4.79 Å². The largest absolute Gasteiger partial charge is 0.301 e. The third kappa shape index (κ3) is 3.60. The molecule has 0 spiro atoms. The van der Waals surface area contributed by atoms with E-state index in [2.05, 4.69) is 20.3 Å². The first kappa shape index (κ1) is 19.1. The third-order valence-electron chi connectivity index (χ3n) is 5.10. The van der Waals surface area contributed by atoms with E-state index in [4.69, 9.17) is 0 Å². The summed E-state index contributed by atoms with van der Waals surface area (Å²) in [5.41, 5.74) is 4.41. The SMILES string of the molecule is Cc1ccc(-c2csc(-n3[nH]c(C)c(N=Nc4cccc5ccccc45)c3=O)n2)cc1. The second kappa shape index (κ2) is 7.77. The second-order valence-corrected chi connectivity index (χ2v) is 8.14. The van der Waals surface area contributed by atoms with Crippen molar-refractivity contribution in [2.75, 3.05) is 0 Å². The smallest absolute Gasteiger partial charge is 0.291 e. The number of aryl methyl sites for hydroxylation is 2. The van der Waals surface area contributed by atoms with Crippen LogP contribution in [0.15, 0.2) is 87.1 Å². The Labute approximate surface area is 182 Å². The van der Waals surface area contributed by atoms with Gasteiger partial charge in [-0.15, -0.1) is 21.6 Å². The van der Waals surface area contributed by atoms with Crippen molar-refractivity contribution in [3.63, 3.8) is 0 Å². The molecule has 0 saturated heterocycles. The average molecular weight is 426 g/mol. The van der Waals surface area contributed by atoms with Gasteiger partial charge in [0.05, 0.1) is 17.1 Å². The van der Waals surface area contributed by atoms with Gasteiger partial charge >= 0.3 is 5.56 Å². The van der Waals surface area contributed by atoms with Gasteiger partial charge in [0.15, 0.2) is 5.69 Å². The molecule has 0 unspecified atom stereocenters. The quantitative estimate of drug-likeness (QED) is 0.335. The van der Waals surface area contributed by atoms with Crippen LogP contribution in [0.3, 0.4) is 0 Å². The van der Waals surface area contributed by atoms with Gasteiger partial charge in [-0.1, -0.05) is 66.2 Å². The van der Waals surface area contributed by atoms with Crippen LogP contribution in [-0.4, -0.2) is 14.8 Å². The number of aromatic amines is 1. The molecule has 0 amide bonds. The lowest BCUT2D eigenvalue weighted by atomic mass is 10.1. The Balaban J connectivity index is 1.50. The van der Waals surface area contributed by atoms with Gasteiger partial charge in [0.1, 0.15) is 0 Å². The van der Waals surface area contributed by atoms with Crippen molar-refractivity contribution in [2.45, 2.75) is 13.8 Å². The molecule has 0 aliphatic carbocycles. The van der Waals surface area contributed by atoms with Crippen LogP contribution in [0.25, 0.3) is 27.2 Å². The van der Waals surface area contributed by atoms with E-state index in [1.807, 2.05) is 86.0 Å². The lowest BCUT2D eigenvalue weighted by Gasteiger charge is -1.99. The lowest BCUT2D eigenvalue weighted by molar-refractivity contribution is 0.827. The number of azo groups is 1. The Morgan fingerprint density at radius 1 is 0.935 bits per heavy atom. The molecule has 0 bridgehead atoms. The lowest BCUT2D eigenvalue weighted by Crippen LogP contribution is -2.13. The highest BCUT2D eigenvalue weighted by Crippen LogP contribution is 2.28. The van der Waals surface area contributed by atoms with E-state index >= 15 is 0 Å². The van der Waals surface area contributed by atoms with Crippen LogP contribution in [0, 0.1) is 13.8 Å². The molecule has 0 saturated carbocycles. The van der Waals surface area contributed by atoms with Gasteiger partial charge < -0.3 is 0 Å². The maximum Gasteiger partial charge on any atom is 0.301 e. The summed E-state index contributed by atoms with van der Waals surface area (Å²) in [5.74, 6) is 0. The number of aromatic nitrogens is 3. The van der Waals surface area contributed by atoms with Gasteiger partial charge in [0, 0.05) is 16.3 Å². The number of fused-ring (bicyclic) bond motifs is 1. The van der Waals surface area contributed by atoms with Crippen molar-refractivity contribution in [3.8, 4) is 16.4 Å². The first-order chi connectivity index (χ1) is 15.1. The molecule has 0 radical (unpaired) electrons. The van der Waals surface area contributed by atoms with E-state index in [0.717, 1.165) is 27.7 Å². The van der Waals surface area contributed by atoms with Crippen LogP contribution in [0.2, 0.25) is 0 Å². The zero-order chi connectivity index (χ0) is 21.4. The molecule has 0 aliphatic rings. The maximum atomic E-state index is 13.0. The highest BCUT2D eigenvalue weighted by atomic mass is 32.1. The summed E-state index contributed by atoms with van der Waals surface area (Å²) >= 11 is 1.40. The van der Waals surface area contributed by atoms with Gasteiger partial charge in [0.2, 0.25) is 5.13 Å². The topological polar surface area (TPSA) is 75.4 Å². The van der Waals surface area contributed by atoms with Crippen molar-refractivity contribution < 1.29 is 0 Å². The van der Waals surface area contributed by atoms with E-state index in [1.54, 1.807) is 0 Å². The summed E-state index contributed by atoms with van der Waals surface area (Å²) in [6.07, 6.45) is 0. The van der Waals surface area contributed by atoms with Gasteiger partial charge in [-0.3, -0.25) is 9.89 Å². The van der Waals surface area contributed by atoms with Crippen LogP contribution in [0.1, 0.15) is 11.3 Å².